The second kappa shape index (κ2) is 5.53. The van der Waals surface area contributed by atoms with Crippen LogP contribution in [0.5, 0.6) is 0 Å². The van der Waals surface area contributed by atoms with Gasteiger partial charge in [0.15, 0.2) is 0 Å². The van der Waals surface area contributed by atoms with Crippen molar-refractivity contribution in [3.05, 3.63) is 46.5 Å². The van der Waals surface area contributed by atoms with Crippen molar-refractivity contribution in [2.24, 2.45) is 0 Å². The Bertz CT molecular complexity index is 547. The van der Waals surface area contributed by atoms with Gasteiger partial charge < -0.3 is 0 Å². The lowest BCUT2D eigenvalue weighted by atomic mass is 9.89. The number of hydrogen-bond acceptors (Lipinski definition) is 2. The van der Waals surface area contributed by atoms with Crippen LogP contribution in [0.3, 0.4) is 0 Å². The van der Waals surface area contributed by atoms with Crippen LogP contribution in [0.25, 0.3) is 11.1 Å². The number of rotatable bonds is 3. The molecule has 0 heterocycles. The number of benzene rings is 2. The normalized spacial score (nSPS) is 10.5. The molecule has 2 N–H and O–H groups in total. The largest absolute Gasteiger partial charge is 0.233 e. The van der Waals surface area contributed by atoms with E-state index in [0.29, 0.717) is 11.4 Å². The van der Waals surface area contributed by atoms with E-state index in [1.54, 1.807) is 0 Å². The summed E-state index contributed by atoms with van der Waals surface area (Å²) in [5, 5.41) is 21.6. The van der Waals surface area contributed by atoms with Crippen LogP contribution in [0.15, 0.2) is 24.3 Å². The monoisotopic (exact) mass is 270 g/mol. The number of nitrogens with one attached hydrogen (secondary N) is 2. The van der Waals surface area contributed by atoms with Gasteiger partial charge in [-0.1, -0.05) is 10.4 Å². The molecule has 4 nitrogen and oxygen atoms in total. The van der Waals surface area contributed by atoms with Gasteiger partial charge >= 0.3 is 0 Å². The maximum atomic E-state index is 10.8. The van der Waals surface area contributed by atoms with Crippen molar-refractivity contribution in [3.8, 4) is 11.1 Å². The van der Waals surface area contributed by atoms with Crippen molar-refractivity contribution in [1.82, 2.24) is 0 Å². The summed E-state index contributed by atoms with van der Waals surface area (Å²) in [6, 6.07) is 7.36. The van der Waals surface area contributed by atoms with Crippen LogP contribution < -0.4 is 11.0 Å². The van der Waals surface area contributed by atoms with Crippen molar-refractivity contribution < 1.29 is 10.4 Å². The highest BCUT2D eigenvalue weighted by atomic mass is 16.5. The highest BCUT2D eigenvalue weighted by Crippen LogP contribution is 2.35. The molecule has 0 saturated heterocycles. The fourth-order valence-electron chi connectivity index (χ4n) is 2.83. The van der Waals surface area contributed by atoms with E-state index in [-0.39, 0.29) is 0 Å². The van der Waals surface area contributed by atoms with Gasteiger partial charge in [-0.3, -0.25) is 0 Å². The second-order valence-electron chi connectivity index (χ2n) is 5.17. The van der Waals surface area contributed by atoms with E-state index in [2.05, 4.69) is 0 Å². The van der Waals surface area contributed by atoms with E-state index in [1.807, 2.05) is 62.9 Å². The molecule has 0 amide bonds. The molecule has 0 aliphatic rings. The molecule has 0 unspecified atom stereocenters. The average Bonchev–Trinajstić information content (AvgIpc) is 2.40. The first-order valence-electron chi connectivity index (χ1n) is 6.47. The molecule has 4 heteroatoms. The highest BCUT2D eigenvalue weighted by Gasteiger charge is 2.13. The van der Waals surface area contributed by atoms with Gasteiger partial charge in [0.25, 0.3) is 0 Å². The second-order valence-corrected chi connectivity index (χ2v) is 5.17. The Kier molecular flexibility index (Phi) is 3.97. The summed E-state index contributed by atoms with van der Waals surface area (Å²) in [7, 11) is 0. The van der Waals surface area contributed by atoms with Crippen LogP contribution >= 0.6 is 0 Å². The Labute approximate surface area is 119 Å². The average molecular weight is 270 g/mol. The fraction of sp³-hybridized carbons (Fsp3) is 0.250. The Hall–Kier alpha value is -2.04. The summed E-state index contributed by atoms with van der Waals surface area (Å²) < 4.78 is 0. The van der Waals surface area contributed by atoms with Crippen LogP contribution in [0.1, 0.15) is 22.3 Å². The molecule has 104 valence electrons. The minimum atomic E-state index is 0.567. The van der Waals surface area contributed by atoms with Crippen LogP contribution in [0, 0.1) is 27.7 Å². The van der Waals surface area contributed by atoms with E-state index in [9.17, 15) is 10.4 Å². The van der Waals surface area contributed by atoms with Gasteiger partial charge in [0.2, 0.25) is 0 Å². The van der Waals surface area contributed by atoms with Crippen molar-refractivity contribution in [2.75, 3.05) is 11.0 Å². The van der Waals surface area contributed by atoms with Gasteiger partial charge in [0.05, 0.1) is 11.4 Å². The number of hydrogen-bond donors (Lipinski definition) is 2. The Morgan fingerprint density at radius 2 is 0.850 bits per heavy atom. The van der Waals surface area contributed by atoms with Crippen molar-refractivity contribution >= 4 is 11.4 Å². The van der Waals surface area contributed by atoms with Crippen molar-refractivity contribution in [2.45, 2.75) is 27.7 Å². The molecule has 2 radical (unpaired) electrons. The fourth-order valence-corrected chi connectivity index (χ4v) is 2.83. The minimum Gasteiger partial charge on any atom is -0.233 e. The topological polar surface area (TPSA) is 63.9 Å². The molecule has 0 spiro atoms. The van der Waals surface area contributed by atoms with Gasteiger partial charge in [0, 0.05) is 0 Å². The van der Waals surface area contributed by atoms with E-state index in [0.717, 1.165) is 33.4 Å². The molecule has 2 rings (SSSR count). The third kappa shape index (κ3) is 2.48. The molecule has 0 aliphatic carbocycles. The summed E-state index contributed by atoms with van der Waals surface area (Å²) >= 11 is 0. The number of anilines is 2. The number of aryl methyl sites for hydroxylation is 4. The van der Waals surface area contributed by atoms with Gasteiger partial charge in [0.1, 0.15) is 0 Å². The van der Waals surface area contributed by atoms with Crippen LogP contribution in [-0.4, -0.2) is 0 Å². The van der Waals surface area contributed by atoms with E-state index < -0.39 is 0 Å². The van der Waals surface area contributed by atoms with Gasteiger partial charge in [-0.25, -0.2) is 11.0 Å². The van der Waals surface area contributed by atoms with E-state index in [4.69, 9.17) is 0 Å². The van der Waals surface area contributed by atoms with Crippen LogP contribution in [0.4, 0.5) is 11.4 Å². The summed E-state index contributed by atoms with van der Waals surface area (Å²) in [4.78, 5) is 0. The lowest BCUT2D eigenvalue weighted by Gasteiger charge is -2.17. The summed E-state index contributed by atoms with van der Waals surface area (Å²) in [6.07, 6.45) is 0. The first-order chi connectivity index (χ1) is 9.47. The van der Waals surface area contributed by atoms with Crippen LogP contribution in [0.2, 0.25) is 0 Å². The first-order valence-corrected chi connectivity index (χ1v) is 6.47. The highest BCUT2D eigenvalue weighted by molar-refractivity contribution is 5.80. The minimum absolute atomic E-state index is 0.567. The van der Waals surface area contributed by atoms with Gasteiger partial charge in [-0.2, -0.15) is 0 Å². The van der Waals surface area contributed by atoms with E-state index in [1.165, 1.54) is 0 Å². The Balaban J connectivity index is 2.69. The lowest BCUT2D eigenvalue weighted by molar-refractivity contribution is 0.274. The quantitative estimate of drug-likeness (QED) is 0.825. The molecular weight excluding hydrogens is 252 g/mol. The van der Waals surface area contributed by atoms with Gasteiger partial charge in [-0.05, 0) is 85.3 Å². The molecule has 0 bridgehead atoms. The van der Waals surface area contributed by atoms with E-state index >= 15 is 0 Å². The van der Waals surface area contributed by atoms with Crippen molar-refractivity contribution in [1.29, 1.82) is 0 Å². The zero-order valence-electron chi connectivity index (χ0n) is 12.1. The zero-order chi connectivity index (χ0) is 14.9. The lowest BCUT2D eigenvalue weighted by Crippen LogP contribution is -1.98. The summed E-state index contributed by atoms with van der Waals surface area (Å²) in [5.41, 5.74) is 11.4. The predicted octanol–water partition coefficient (Wildman–Crippen LogP) is 4.10. The molecular formula is C16H18N2O2. The standard InChI is InChI=1S/C16H18N2O2/c1-9-5-13(17-19)6-10(2)15(9)16-11(3)7-14(18-20)8-12(16)4/h5-8,17-18H,1-4H3. The van der Waals surface area contributed by atoms with Crippen LogP contribution in [-0.2, 0) is 10.4 Å². The van der Waals surface area contributed by atoms with Crippen molar-refractivity contribution in [3.63, 3.8) is 0 Å². The molecule has 2 aromatic rings. The Morgan fingerprint density at radius 3 is 1.05 bits per heavy atom. The Morgan fingerprint density at radius 1 is 0.600 bits per heavy atom. The molecule has 2 aromatic carbocycles. The van der Waals surface area contributed by atoms with Gasteiger partial charge in [-0.15, -0.1) is 0 Å². The predicted molar refractivity (Wildman–Crippen MR) is 79.4 cm³/mol. The molecule has 0 atom stereocenters. The summed E-state index contributed by atoms with van der Waals surface area (Å²) in [6.45, 7) is 7.95. The first kappa shape index (κ1) is 14.4. The summed E-state index contributed by atoms with van der Waals surface area (Å²) in [5.74, 6) is 0. The third-order valence-corrected chi connectivity index (χ3v) is 3.55. The zero-order valence-corrected chi connectivity index (χ0v) is 12.1. The molecule has 0 saturated carbocycles. The third-order valence-electron chi connectivity index (χ3n) is 3.55. The molecule has 0 fully saturated rings. The smallest absolute Gasteiger partial charge is 0.0641 e. The maximum absolute atomic E-state index is 10.8. The molecule has 20 heavy (non-hydrogen) atoms. The molecule has 0 aromatic heterocycles. The molecule has 0 aliphatic heterocycles. The maximum Gasteiger partial charge on any atom is 0.0641 e. The SMILES string of the molecule is Cc1cc(N[O])cc(C)c1-c1c(C)cc(N[O])cc1C.